The minimum absolute atomic E-state index is 0.0225. The van der Waals surface area contributed by atoms with Gasteiger partial charge >= 0.3 is 11.9 Å². The zero-order chi connectivity index (χ0) is 10.6. The number of carboxylic acids is 1. The Balaban J connectivity index is 3.07. The summed E-state index contributed by atoms with van der Waals surface area (Å²) in [5.74, 6) is -1.88. The van der Waals surface area contributed by atoms with Gasteiger partial charge in [0.15, 0.2) is 0 Å². The second-order valence-electron chi connectivity index (χ2n) is 2.44. The summed E-state index contributed by atoms with van der Waals surface area (Å²) in [7, 11) is 1.42. The van der Waals surface area contributed by atoms with Crippen molar-refractivity contribution in [2.75, 3.05) is 7.05 Å². The van der Waals surface area contributed by atoms with Crippen molar-refractivity contribution in [3.05, 3.63) is 35.4 Å². The first-order valence-corrected chi connectivity index (χ1v) is 3.87. The molecule has 0 radical (unpaired) electrons. The molecule has 0 fully saturated rings. The first-order valence-electron chi connectivity index (χ1n) is 3.87. The van der Waals surface area contributed by atoms with Crippen LogP contribution in [0.15, 0.2) is 24.3 Å². The van der Waals surface area contributed by atoms with Crippen molar-refractivity contribution in [1.29, 1.82) is 0 Å². The molecule has 0 bridgehead atoms. The van der Waals surface area contributed by atoms with E-state index in [0.29, 0.717) is 0 Å². The van der Waals surface area contributed by atoms with Crippen molar-refractivity contribution in [3.8, 4) is 0 Å². The lowest BCUT2D eigenvalue weighted by molar-refractivity contribution is 0.0304. The molecule has 0 heterocycles. The minimum Gasteiger partial charge on any atom is -0.478 e. The van der Waals surface area contributed by atoms with E-state index >= 15 is 0 Å². The van der Waals surface area contributed by atoms with Gasteiger partial charge in [-0.3, -0.25) is 0 Å². The van der Waals surface area contributed by atoms with E-state index in [1.807, 2.05) is 0 Å². The van der Waals surface area contributed by atoms with Gasteiger partial charge in [0.1, 0.15) is 0 Å². The van der Waals surface area contributed by atoms with Crippen molar-refractivity contribution in [1.82, 2.24) is 5.48 Å². The molecule has 0 aliphatic carbocycles. The summed E-state index contributed by atoms with van der Waals surface area (Å²) in [5, 5.41) is 8.75. The number of rotatable bonds is 3. The summed E-state index contributed by atoms with van der Waals surface area (Å²) in [6.45, 7) is 0. The number of hydroxylamine groups is 1. The monoisotopic (exact) mass is 195 g/mol. The van der Waals surface area contributed by atoms with Gasteiger partial charge in [0.05, 0.1) is 11.1 Å². The average Bonchev–Trinajstić information content (AvgIpc) is 2.18. The Bertz CT molecular complexity index is 362. The van der Waals surface area contributed by atoms with E-state index in [9.17, 15) is 9.59 Å². The van der Waals surface area contributed by atoms with Gasteiger partial charge in [0.2, 0.25) is 0 Å². The number of nitrogens with one attached hydrogen (secondary N) is 1. The Morgan fingerprint density at radius 1 is 1.29 bits per heavy atom. The molecule has 0 aromatic heterocycles. The molecule has 1 aromatic rings. The summed E-state index contributed by atoms with van der Waals surface area (Å²) in [6, 6.07) is 5.84. The molecule has 1 aromatic carbocycles. The number of hydrogen-bond donors (Lipinski definition) is 2. The predicted octanol–water partition coefficient (Wildman–Crippen LogP) is 0.676. The normalized spacial score (nSPS) is 9.50. The molecule has 0 saturated heterocycles. The van der Waals surface area contributed by atoms with E-state index in [-0.39, 0.29) is 11.1 Å². The summed E-state index contributed by atoms with van der Waals surface area (Å²) >= 11 is 0. The van der Waals surface area contributed by atoms with Crippen LogP contribution in [0.3, 0.4) is 0 Å². The summed E-state index contributed by atoms with van der Waals surface area (Å²) in [4.78, 5) is 26.4. The van der Waals surface area contributed by atoms with Gasteiger partial charge in [0.25, 0.3) is 0 Å². The fourth-order valence-corrected chi connectivity index (χ4v) is 0.995. The van der Waals surface area contributed by atoms with Crippen molar-refractivity contribution in [2.45, 2.75) is 0 Å². The van der Waals surface area contributed by atoms with Crippen LogP contribution in [0.4, 0.5) is 0 Å². The van der Waals surface area contributed by atoms with Crippen LogP contribution in [0.25, 0.3) is 0 Å². The fraction of sp³-hybridized carbons (Fsp3) is 0.111. The number of benzene rings is 1. The molecule has 5 heteroatoms. The Labute approximate surface area is 80.3 Å². The van der Waals surface area contributed by atoms with E-state index in [1.54, 1.807) is 12.1 Å². The molecule has 74 valence electrons. The van der Waals surface area contributed by atoms with Crippen LogP contribution in [0.1, 0.15) is 20.7 Å². The standard InChI is InChI=1S/C9H9NO4/c1-10-14-9(13)7-5-3-2-4-6(7)8(11)12/h2-5,10H,1H3,(H,11,12). The topological polar surface area (TPSA) is 75.6 Å². The van der Waals surface area contributed by atoms with E-state index < -0.39 is 11.9 Å². The van der Waals surface area contributed by atoms with Gasteiger partial charge in [-0.1, -0.05) is 12.1 Å². The van der Waals surface area contributed by atoms with Crippen LogP contribution in [-0.2, 0) is 4.84 Å². The lowest BCUT2D eigenvalue weighted by Crippen LogP contribution is -2.17. The smallest absolute Gasteiger partial charge is 0.357 e. The van der Waals surface area contributed by atoms with Crippen LogP contribution in [0.5, 0.6) is 0 Å². The maximum absolute atomic E-state index is 11.2. The maximum Gasteiger partial charge on any atom is 0.357 e. The van der Waals surface area contributed by atoms with Gasteiger partial charge in [-0.05, 0) is 12.1 Å². The highest BCUT2D eigenvalue weighted by atomic mass is 16.7. The number of aromatic carboxylic acids is 1. The van der Waals surface area contributed by atoms with Crippen LogP contribution in [0.2, 0.25) is 0 Å². The zero-order valence-electron chi connectivity index (χ0n) is 7.48. The van der Waals surface area contributed by atoms with E-state index in [4.69, 9.17) is 5.11 Å². The van der Waals surface area contributed by atoms with Crippen molar-refractivity contribution in [3.63, 3.8) is 0 Å². The molecule has 0 spiro atoms. The minimum atomic E-state index is -1.16. The molecule has 0 aliphatic heterocycles. The first kappa shape index (κ1) is 10.2. The largest absolute Gasteiger partial charge is 0.478 e. The molecule has 0 atom stereocenters. The Kier molecular flexibility index (Phi) is 3.19. The zero-order valence-corrected chi connectivity index (χ0v) is 7.48. The van der Waals surface area contributed by atoms with E-state index in [0.717, 1.165) is 0 Å². The van der Waals surface area contributed by atoms with E-state index in [1.165, 1.54) is 19.2 Å². The molecule has 14 heavy (non-hydrogen) atoms. The second-order valence-corrected chi connectivity index (χ2v) is 2.44. The molecule has 5 nitrogen and oxygen atoms in total. The first-order chi connectivity index (χ1) is 6.66. The van der Waals surface area contributed by atoms with Gasteiger partial charge in [0, 0.05) is 7.05 Å². The highest BCUT2D eigenvalue weighted by Gasteiger charge is 2.16. The Morgan fingerprint density at radius 3 is 2.36 bits per heavy atom. The molecular weight excluding hydrogens is 186 g/mol. The van der Waals surface area contributed by atoms with Crippen molar-refractivity contribution >= 4 is 11.9 Å². The van der Waals surface area contributed by atoms with Gasteiger partial charge in [-0.2, -0.15) is 5.48 Å². The van der Waals surface area contributed by atoms with Crippen molar-refractivity contribution in [2.24, 2.45) is 0 Å². The second kappa shape index (κ2) is 4.38. The quantitative estimate of drug-likeness (QED) is 0.693. The van der Waals surface area contributed by atoms with Crippen LogP contribution < -0.4 is 5.48 Å². The number of carboxylic acid groups (broad SMARTS) is 1. The lowest BCUT2D eigenvalue weighted by Gasteiger charge is -2.04. The van der Waals surface area contributed by atoms with Crippen LogP contribution in [0, 0.1) is 0 Å². The molecule has 0 aliphatic rings. The molecule has 0 saturated carbocycles. The molecule has 0 amide bonds. The molecule has 2 N–H and O–H groups in total. The SMILES string of the molecule is CNOC(=O)c1ccccc1C(=O)O. The summed E-state index contributed by atoms with van der Waals surface area (Å²) in [6.07, 6.45) is 0. The van der Waals surface area contributed by atoms with Gasteiger partial charge < -0.3 is 9.94 Å². The molecule has 1 rings (SSSR count). The van der Waals surface area contributed by atoms with Crippen molar-refractivity contribution < 1.29 is 19.5 Å². The summed E-state index contributed by atoms with van der Waals surface area (Å²) < 4.78 is 0. The summed E-state index contributed by atoms with van der Waals surface area (Å²) in [5.41, 5.74) is 2.14. The third-order valence-corrected chi connectivity index (χ3v) is 1.57. The third kappa shape index (κ3) is 2.08. The van der Waals surface area contributed by atoms with E-state index in [2.05, 4.69) is 10.3 Å². The maximum atomic E-state index is 11.2. The Morgan fingerprint density at radius 2 is 1.86 bits per heavy atom. The number of carbonyl (C=O) groups excluding carboxylic acids is 1. The van der Waals surface area contributed by atoms with Gasteiger partial charge in [-0.25, -0.2) is 9.59 Å². The Hall–Kier alpha value is -1.88. The number of carbonyl (C=O) groups is 2. The highest BCUT2D eigenvalue weighted by molar-refractivity contribution is 6.02. The molecule has 0 unspecified atom stereocenters. The van der Waals surface area contributed by atoms with Crippen LogP contribution in [-0.4, -0.2) is 24.1 Å². The predicted molar refractivity (Wildman–Crippen MR) is 47.9 cm³/mol. The van der Waals surface area contributed by atoms with Crippen LogP contribution >= 0.6 is 0 Å². The van der Waals surface area contributed by atoms with Gasteiger partial charge in [-0.15, -0.1) is 0 Å². The lowest BCUT2D eigenvalue weighted by atomic mass is 10.1. The number of hydrogen-bond acceptors (Lipinski definition) is 4. The average molecular weight is 195 g/mol. The highest BCUT2D eigenvalue weighted by Crippen LogP contribution is 2.09. The fourth-order valence-electron chi connectivity index (χ4n) is 0.995. The molecular formula is C9H9NO4. The third-order valence-electron chi connectivity index (χ3n) is 1.57.